The van der Waals surface area contributed by atoms with Crippen LogP contribution < -0.4 is 5.32 Å². The highest BCUT2D eigenvalue weighted by Gasteiger charge is 2.12. The Morgan fingerprint density at radius 2 is 1.88 bits per heavy atom. The quantitative estimate of drug-likeness (QED) is 0.613. The van der Waals surface area contributed by atoms with Crippen molar-refractivity contribution in [1.82, 2.24) is 14.9 Å². The molecule has 0 saturated heterocycles. The number of rotatable bonds is 8. The molecule has 0 atom stereocenters. The summed E-state index contributed by atoms with van der Waals surface area (Å²) in [6, 6.07) is 10.5. The molecular weight excluding hydrogens is 316 g/mol. The van der Waals surface area contributed by atoms with Gasteiger partial charge in [0.05, 0.1) is 5.39 Å². The Kier molecular flexibility index (Phi) is 5.77. The number of hydrogen-bond acceptors (Lipinski definition) is 5. The van der Waals surface area contributed by atoms with Crippen LogP contribution in [-0.4, -0.2) is 41.0 Å². The van der Waals surface area contributed by atoms with Crippen LogP contribution in [-0.2, 0) is 0 Å². The van der Waals surface area contributed by atoms with Crippen LogP contribution in [0.2, 0.25) is 0 Å². The third-order valence-corrected chi connectivity index (χ3v) is 5.18. The number of fused-ring (bicyclic) bond motifs is 1. The van der Waals surface area contributed by atoms with Gasteiger partial charge < -0.3 is 10.2 Å². The van der Waals surface area contributed by atoms with Crippen molar-refractivity contribution in [3.8, 4) is 11.1 Å². The molecule has 0 saturated carbocycles. The lowest BCUT2D eigenvalue weighted by Crippen LogP contribution is -2.25. The van der Waals surface area contributed by atoms with Crippen molar-refractivity contribution in [2.75, 3.05) is 31.5 Å². The molecule has 0 aliphatic carbocycles. The number of nitrogens with zero attached hydrogens (tertiary/aromatic N) is 3. The standard InChI is InChI=1S/C19H24N4S/c1-3-23(4-2)12-8-11-20-18-17-16(15-9-6-5-7-10-15)13-24-19(17)22-14-21-18/h5-7,9-10,13-14H,3-4,8,11-12H2,1-2H3,(H,20,21,22). The molecule has 0 spiro atoms. The summed E-state index contributed by atoms with van der Waals surface area (Å²) in [6.07, 6.45) is 2.76. The van der Waals surface area contributed by atoms with Gasteiger partial charge in [0.1, 0.15) is 17.0 Å². The smallest absolute Gasteiger partial charge is 0.138 e. The Hall–Kier alpha value is -1.98. The topological polar surface area (TPSA) is 41.0 Å². The minimum atomic E-state index is 0.923. The number of nitrogens with one attached hydrogen (secondary N) is 1. The zero-order valence-corrected chi connectivity index (χ0v) is 15.1. The van der Waals surface area contributed by atoms with E-state index in [1.54, 1.807) is 17.7 Å². The first kappa shape index (κ1) is 16.9. The molecule has 0 aliphatic heterocycles. The maximum absolute atomic E-state index is 4.49. The van der Waals surface area contributed by atoms with Crippen LogP contribution >= 0.6 is 11.3 Å². The Labute approximate surface area is 147 Å². The van der Waals surface area contributed by atoms with Gasteiger partial charge in [0.2, 0.25) is 0 Å². The predicted molar refractivity (Wildman–Crippen MR) is 104 cm³/mol. The van der Waals surface area contributed by atoms with E-state index in [0.29, 0.717) is 0 Å². The highest BCUT2D eigenvalue weighted by molar-refractivity contribution is 7.17. The lowest BCUT2D eigenvalue weighted by molar-refractivity contribution is 0.303. The fourth-order valence-corrected chi connectivity index (χ4v) is 3.80. The maximum atomic E-state index is 4.49. The second-order valence-corrected chi connectivity index (χ2v) is 6.58. The van der Waals surface area contributed by atoms with Crippen molar-refractivity contribution < 1.29 is 0 Å². The van der Waals surface area contributed by atoms with Crippen molar-refractivity contribution in [2.45, 2.75) is 20.3 Å². The second kappa shape index (κ2) is 8.22. The van der Waals surface area contributed by atoms with Gasteiger partial charge in [-0.3, -0.25) is 0 Å². The van der Waals surface area contributed by atoms with Gasteiger partial charge in [-0.25, -0.2) is 9.97 Å². The summed E-state index contributed by atoms with van der Waals surface area (Å²) in [4.78, 5) is 12.4. The minimum Gasteiger partial charge on any atom is -0.369 e. The van der Waals surface area contributed by atoms with E-state index in [4.69, 9.17) is 0 Å². The predicted octanol–water partition coefficient (Wildman–Crippen LogP) is 4.50. The summed E-state index contributed by atoms with van der Waals surface area (Å²) < 4.78 is 0. The van der Waals surface area contributed by atoms with Crippen molar-refractivity contribution in [1.29, 1.82) is 0 Å². The van der Waals surface area contributed by atoms with E-state index in [9.17, 15) is 0 Å². The summed E-state index contributed by atoms with van der Waals surface area (Å²) in [5, 5.41) is 6.83. The van der Waals surface area contributed by atoms with E-state index < -0.39 is 0 Å². The van der Waals surface area contributed by atoms with Crippen molar-refractivity contribution in [3.05, 3.63) is 42.0 Å². The third kappa shape index (κ3) is 3.74. The molecule has 24 heavy (non-hydrogen) atoms. The normalized spacial score (nSPS) is 11.3. The Bertz CT molecular complexity index is 765. The van der Waals surface area contributed by atoms with Crippen molar-refractivity contribution >= 4 is 27.4 Å². The van der Waals surface area contributed by atoms with Crippen LogP contribution in [0.25, 0.3) is 21.3 Å². The molecule has 0 aliphatic rings. The first-order valence-corrected chi connectivity index (χ1v) is 9.45. The SMILES string of the molecule is CCN(CC)CCCNc1ncnc2scc(-c3ccccc3)c12. The average molecular weight is 340 g/mol. The molecule has 1 N–H and O–H groups in total. The third-order valence-electron chi connectivity index (χ3n) is 4.29. The van der Waals surface area contributed by atoms with E-state index in [1.165, 1.54) is 11.1 Å². The summed E-state index contributed by atoms with van der Waals surface area (Å²) in [5.41, 5.74) is 2.42. The highest BCUT2D eigenvalue weighted by Crippen LogP contribution is 2.36. The number of hydrogen-bond donors (Lipinski definition) is 1. The molecule has 0 radical (unpaired) electrons. The van der Waals surface area contributed by atoms with Crippen molar-refractivity contribution in [3.63, 3.8) is 0 Å². The molecule has 0 unspecified atom stereocenters. The van der Waals surface area contributed by atoms with Crippen LogP contribution in [0.3, 0.4) is 0 Å². The molecule has 2 heterocycles. The molecule has 0 bridgehead atoms. The number of benzene rings is 1. The number of aromatic nitrogens is 2. The Morgan fingerprint density at radius 1 is 1.08 bits per heavy atom. The monoisotopic (exact) mass is 340 g/mol. The van der Waals surface area contributed by atoms with Gasteiger partial charge in [0.15, 0.2) is 0 Å². The summed E-state index contributed by atoms with van der Waals surface area (Å²) in [6.45, 7) is 8.68. The van der Waals surface area contributed by atoms with Gasteiger partial charge in [-0.1, -0.05) is 44.2 Å². The van der Waals surface area contributed by atoms with Crippen LogP contribution in [0.5, 0.6) is 0 Å². The molecule has 1 aromatic carbocycles. The fraction of sp³-hybridized carbons (Fsp3) is 0.368. The Morgan fingerprint density at radius 3 is 2.62 bits per heavy atom. The molecular formula is C19H24N4S. The minimum absolute atomic E-state index is 0.923. The molecule has 3 aromatic rings. The number of thiophene rings is 1. The first-order chi connectivity index (χ1) is 11.8. The molecule has 0 amide bonds. The lowest BCUT2D eigenvalue weighted by atomic mass is 10.1. The molecule has 4 nitrogen and oxygen atoms in total. The molecule has 0 fully saturated rings. The van der Waals surface area contributed by atoms with E-state index in [-0.39, 0.29) is 0 Å². The van der Waals surface area contributed by atoms with E-state index in [2.05, 4.69) is 63.7 Å². The largest absolute Gasteiger partial charge is 0.369 e. The van der Waals surface area contributed by atoms with E-state index >= 15 is 0 Å². The molecule has 126 valence electrons. The molecule has 2 aromatic heterocycles. The van der Waals surface area contributed by atoms with Crippen LogP contribution in [0.15, 0.2) is 42.0 Å². The second-order valence-electron chi connectivity index (χ2n) is 5.73. The van der Waals surface area contributed by atoms with Crippen LogP contribution in [0, 0.1) is 0 Å². The molecule has 5 heteroatoms. The maximum Gasteiger partial charge on any atom is 0.138 e. The van der Waals surface area contributed by atoms with Crippen molar-refractivity contribution in [2.24, 2.45) is 0 Å². The van der Waals surface area contributed by atoms with Gasteiger partial charge in [0, 0.05) is 17.5 Å². The highest BCUT2D eigenvalue weighted by atomic mass is 32.1. The van der Waals surface area contributed by atoms with Gasteiger partial charge in [0.25, 0.3) is 0 Å². The lowest BCUT2D eigenvalue weighted by Gasteiger charge is -2.18. The van der Waals surface area contributed by atoms with Gasteiger partial charge in [-0.05, 0) is 31.6 Å². The zero-order valence-electron chi connectivity index (χ0n) is 14.3. The Balaban J connectivity index is 1.77. The fourth-order valence-electron chi connectivity index (χ4n) is 2.89. The summed E-state index contributed by atoms with van der Waals surface area (Å²) in [7, 11) is 0. The summed E-state index contributed by atoms with van der Waals surface area (Å²) in [5.74, 6) is 0.944. The number of anilines is 1. The van der Waals surface area contributed by atoms with Crippen LogP contribution in [0.1, 0.15) is 20.3 Å². The summed E-state index contributed by atoms with van der Waals surface area (Å²) >= 11 is 1.67. The van der Waals surface area contributed by atoms with Gasteiger partial charge >= 0.3 is 0 Å². The zero-order chi connectivity index (χ0) is 16.8. The average Bonchev–Trinajstić information content (AvgIpc) is 3.07. The first-order valence-electron chi connectivity index (χ1n) is 8.57. The van der Waals surface area contributed by atoms with Crippen LogP contribution in [0.4, 0.5) is 5.82 Å². The van der Waals surface area contributed by atoms with E-state index in [0.717, 1.165) is 48.6 Å². The van der Waals surface area contributed by atoms with Gasteiger partial charge in [-0.15, -0.1) is 11.3 Å². The van der Waals surface area contributed by atoms with Gasteiger partial charge in [-0.2, -0.15) is 0 Å². The van der Waals surface area contributed by atoms with E-state index in [1.807, 2.05) is 6.07 Å². The molecule has 3 rings (SSSR count).